The van der Waals surface area contributed by atoms with Crippen molar-refractivity contribution in [3.63, 3.8) is 0 Å². The molecule has 0 bridgehead atoms. The van der Waals surface area contributed by atoms with Crippen molar-refractivity contribution in [3.05, 3.63) is 14.2 Å². The standard InChI is InChI=1S/C10H13BrN2O3S/c1-10(2,3)16-9(15)4-5(12)7(11)17-6(4)8(13)14/h12H2,1-3H3,(H2,13,14). The number of primary amides is 1. The Hall–Kier alpha value is -1.08. The van der Waals surface area contributed by atoms with Crippen LogP contribution < -0.4 is 11.5 Å². The number of carbonyl (C=O) groups excluding carboxylic acids is 2. The summed E-state index contributed by atoms with van der Waals surface area (Å²) in [6.45, 7) is 5.19. The predicted octanol–water partition coefficient (Wildman–Crippen LogP) is 2.15. The van der Waals surface area contributed by atoms with Gasteiger partial charge in [-0.15, -0.1) is 11.3 Å². The van der Waals surface area contributed by atoms with Crippen LogP contribution in [0.15, 0.2) is 3.79 Å². The summed E-state index contributed by atoms with van der Waals surface area (Å²) in [4.78, 5) is 23.2. The number of anilines is 1. The molecule has 0 aliphatic carbocycles. The van der Waals surface area contributed by atoms with Crippen LogP contribution in [0, 0.1) is 0 Å². The Labute approximate surface area is 111 Å². The molecule has 7 heteroatoms. The molecule has 0 atom stereocenters. The van der Waals surface area contributed by atoms with Crippen LogP contribution in [-0.2, 0) is 4.74 Å². The molecule has 1 heterocycles. The number of carbonyl (C=O) groups is 2. The lowest BCUT2D eigenvalue weighted by atomic mass is 10.1. The van der Waals surface area contributed by atoms with Crippen LogP contribution in [0.5, 0.6) is 0 Å². The Balaban J connectivity index is 3.21. The van der Waals surface area contributed by atoms with Gasteiger partial charge in [-0.25, -0.2) is 4.79 Å². The zero-order valence-corrected chi connectivity index (χ0v) is 12.1. The summed E-state index contributed by atoms with van der Waals surface area (Å²) in [6, 6.07) is 0. The maximum atomic E-state index is 11.9. The van der Waals surface area contributed by atoms with Gasteiger partial charge in [0.25, 0.3) is 5.91 Å². The van der Waals surface area contributed by atoms with Gasteiger partial charge in [-0.05, 0) is 36.7 Å². The molecule has 4 N–H and O–H groups in total. The van der Waals surface area contributed by atoms with Crippen molar-refractivity contribution >= 4 is 44.8 Å². The number of hydrogen-bond acceptors (Lipinski definition) is 5. The first kappa shape index (κ1) is 14.0. The van der Waals surface area contributed by atoms with Gasteiger partial charge in [0.05, 0.1) is 9.47 Å². The first-order valence-corrected chi connectivity index (χ1v) is 6.35. The summed E-state index contributed by atoms with van der Waals surface area (Å²) in [7, 11) is 0. The van der Waals surface area contributed by atoms with Crippen molar-refractivity contribution in [2.75, 3.05) is 5.73 Å². The van der Waals surface area contributed by atoms with Crippen LogP contribution >= 0.6 is 27.3 Å². The number of amides is 1. The van der Waals surface area contributed by atoms with Gasteiger partial charge in [0.15, 0.2) is 0 Å². The molecular weight excluding hydrogens is 308 g/mol. The zero-order chi connectivity index (χ0) is 13.4. The van der Waals surface area contributed by atoms with E-state index >= 15 is 0 Å². The molecule has 0 unspecified atom stereocenters. The molecular formula is C10H13BrN2O3S. The number of esters is 1. The lowest BCUT2D eigenvalue weighted by Crippen LogP contribution is -2.25. The van der Waals surface area contributed by atoms with Crippen LogP contribution in [0.3, 0.4) is 0 Å². The highest BCUT2D eigenvalue weighted by atomic mass is 79.9. The van der Waals surface area contributed by atoms with Crippen LogP contribution in [-0.4, -0.2) is 17.5 Å². The average Bonchev–Trinajstić information content (AvgIpc) is 2.40. The minimum atomic E-state index is -0.701. The van der Waals surface area contributed by atoms with E-state index in [0.29, 0.717) is 3.79 Å². The maximum absolute atomic E-state index is 11.9. The van der Waals surface area contributed by atoms with E-state index < -0.39 is 17.5 Å². The van der Waals surface area contributed by atoms with E-state index in [-0.39, 0.29) is 16.1 Å². The zero-order valence-electron chi connectivity index (χ0n) is 9.67. The fourth-order valence-corrected chi connectivity index (χ4v) is 2.59. The first-order chi connectivity index (χ1) is 7.63. The summed E-state index contributed by atoms with van der Waals surface area (Å²) in [6.07, 6.45) is 0. The van der Waals surface area contributed by atoms with Gasteiger partial charge in [0, 0.05) is 0 Å². The summed E-state index contributed by atoms with van der Waals surface area (Å²) in [5.41, 5.74) is 10.5. The third-order valence-corrected chi connectivity index (χ3v) is 3.65. The van der Waals surface area contributed by atoms with E-state index in [1.807, 2.05) is 0 Å². The molecule has 0 aliphatic heterocycles. The van der Waals surface area contributed by atoms with Crippen molar-refractivity contribution in [3.8, 4) is 0 Å². The van der Waals surface area contributed by atoms with E-state index in [2.05, 4.69) is 15.9 Å². The monoisotopic (exact) mass is 320 g/mol. The van der Waals surface area contributed by atoms with Gasteiger partial charge in [-0.1, -0.05) is 0 Å². The normalized spacial score (nSPS) is 11.3. The van der Waals surface area contributed by atoms with Gasteiger partial charge in [0.1, 0.15) is 16.0 Å². The summed E-state index contributed by atoms with van der Waals surface area (Å²) in [5, 5.41) is 0. The van der Waals surface area contributed by atoms with Gasteiger partial charge in [0.2, 0.25) is 0 Å². The SMILES string of the molecule is CC(C)(C)OC(=O)c1c(C(N)=O)sc(Br)c1N. The number of ether oxygens (including phenoxy) is 1. The third kappa shape index (κ3) is 3.19. The molecule has 17 heavy (non-hydrogen) atoms. The van der Waals surface area contributed by atoms with E-state index in [1.165, 1.54) is 0 Å². The van der Waals surface area contributed by atoms with Gasteiger partial charge in [-0.2, -0.15) is 0 Å². The molecule has 0 aliphatic rings. The second-order valence-corrected chi connectivity index (χ2v) is 6.70. The van der Waals surface area contributed by atoms with Crippen LogP contribution in [0.2, 0.25) is 0 Å². The summed E-state index contributed by atoms with van der Waals surface area (Å²) in [5.74, 6) is -1.35. The van der Waals surface area contributed by atoms with Crippen molar-refractivity contribution in [2.24, 2.45) is 5.73 Å². The summed E-state index contributed by atoms with van der Waals surface area (Å²) >= 11 is 4.18. The fraction of sp³-hybridized carbons (Fsp3) is 0.400. The molecule has 0 saturated heterocycles. The molecule has 0 aromatic carbocycles. The number of hydrogen-bond donors (Lipinski definition) is 2. The molecule has 1 aromatic heterocycles. The van der Waals surface area contributed by atoms with Crippen molar-refractivity contribution in [2.45, 2.75) is 26.4 Å². The van der Waals surface area contributed by atoms with E-state index in [1.54, 1.807) is 20.8 Å². The minimum absolute atomic E-state index is 0.0318. The third-order valence-electron chi connectivity index (χ3n) is 1.73. The largest absolute Gasteiger partial charge is 0.456 e. The Bertz CT molecular complexity index is 477. The topological polar surface area (TPSA) is 95.4 Å². The van der Waals surface area contributed by atoms with E-state index in [0.717, 1.165) is 11.3 Å². The van der Waals surface area contributed by atoms with E-state index in [9.17, 15) is 9.59 Å². The molecule has 1 aromatic rings. The Morgan fingerprint density at radius 2 is 1.88 bits per heavy atom. The van der Waals surface area contributed by atoms with Crippen molar-refractivity contribution in [1.29, 1.82) is 0 Å². The maximum Gasteiger partial charge on any atom is 0.342 e. The quantitative estimate of drug-likeness (QED) is 0.816. The average molecular weight is 321 g/mol. The Kier molecular flexibility index (Phi) is 3.83. The van der Waals surface area contributed by atoms with Crippen molar-refractivity contribution in [1.82, 2.24) is 0 Å². The minimum Gasteiger partial charge on any atom is -0.456 e. The summed E-state index contributed by atoms with van der Waals surface area (Å²) < 4.78 is 5.66. The molecule has 0 radical (unpaired) electrons. The lowest BCUT2D eigenvalue weighted by Gasteiger charge is -2.19. The highest BCUT2D eigenvalue weighted by molar-refractivity contribution is 9.11. The fourth-order valence-electron chi connectivity index (χ4n) is 1.12. The van der Waals surface area contributed by atoms with Crippen LogP contribution in [0.4, 0.5) is 5.69 Å². The second-order valence-electron chi connectivity index (χ2n) is 4.36. The second kappa shape index (κ2) is 4.66. The number of nitrogen functional groups attached to an aromatic ring is 1. The first-order valence-electron chi connectivity index (χ1n) is 4.74. The van der Waals surface area contributed by atoms with Crippen LogP contribution in [0.1, 0.15) is 40.8 Å². The molecule has 1 amide bonds. The molecule has 0 fully saturated rings. The number of halogens is 1. The smallest absolute Gasteiger partial charge is 0.342 e. The highest BCUT2D eigenvalue weighted by Gasteiger charge is 2.28. The number of nitrogens with two attached hydrogens (primary N) is 2. The van der Waals surface area contributed by atoms with Crippen LogP contribution in [0.25, 0.3) is 0 Å². The number of rotatable bonds is 2. The molecule has 0 saturated carbocycles. The highest BCUT2D eigenvalue weighted by Crippen LogP contribution is 2.36. The molecule has 94 valence electrons. The van der Waals surface area contributed by atoms with Gasteiger partial charge >= 0.3 is 5.97 Å². The molecule has 1 rings (SSSR count). The van der Waals surface area contributed by atoms with Gasteiger partial charge in [-0.3, -0.25) is 4.79 Å². The predicted molar refractivity (Wildman–Crippen MR) is 70.1 cm³/mol. The molecule has 0 spiro atoms. The van der Waals surface area contributed by atoms with Gasteiger partial charge < -0.3 is 16.2 Å². The Morgan fingerprint density at radius 1 is 1.35 bits per heavy atom. The lowest BCUT2D eigenvalue weighted by molar-refractivity contribution is 0.00697. The number of thiophene rings is 1. The Morgan fingerprint density at radius 3 is 2.29 bits per heavy atom. The van der Waals surface area contributed by atoms with Crippen molar-refractivity contribution < 1.29 is 14.3 Å². The van der Waals surface area contributed by atoms with E-state index in [4.69, 9.17) is 16.2 Å². The molecule has 5 nitrogen and oxygen atoms in total.